The number of unbranched alkanes of at least 4 members (excludes halogenated alkanes) is 1. The van der Waals surface area contributed by atoms with Crippen LogP contribution >= 0.6 is 0 Å². The van der Waals surface area contributed by atoms with Crippen molar-refractivity contribution in [3.05, 3.63) is 58.9 Å². The number of ether oxygens (including phenoxy) is 1. The molecule has 6 rings (SSSR count). The number of piperazine rings is 1. The molecule has 49 heavy (non-hydrogen) atoms. The Hall–Kier alpha value is -4.12. The van der Waals surface area contributed by atoms with Crippen LogP contribution in [0.25, 0.3) is 5.69 Å². The number of nitrogens with zero attached hydrogens (tertiary/aromatic N) is 6. The Morgan fingerprint density at radius 2 is 1.86 bits per heavy atom. The molecule has 2 unspecified atom stereocenters. The van der Waals surface area contributed by atoms with E-state index in [9.17, 15) is 4.79 Å². The molecule has 2 fully saturated rings. The molecule has 2 N–H and O–H groups in total. The number of fused-ring (bicyclic) bond motifs is 1. The van der Waals surface area contributed by atoms with E-state index < -0.39 is 0 Å². The Bertz CT molecular complexity index is 1530. The molecule has 11 nitrogen and oxygen atoms in total. The first-order chi connectivity index (χ1) is 23.8. The predicted octanol–water partition coefficient (Wildman–Crippen LogP) is 5.68. The minimum atomic E-state index is -0.250. The molecule has 5 heterocycles. The molecule has 0 spiro atoms. The van der Waals surface area contributed by atoms with Gasteiger partial charge in [0.1, 0.15) is 5.82 Å². The lowest BCUT2D eigenvalue weighted by molar-refractivity contribution is -0.131. The third-order valence-corrected chi connectivity index (χ3v) is 10.1. The molecule has 2 atom stereocenters. The highest BCUT2D eigenvalue weighted by atomic mass is 16.5. The van der Waals surface area contributed by atoms with Crippen molar-refractivity contribution in [1.29, 1.82) is 0 Å². The molecule has 0 aliphatic carbocycles. The molecule has 0 radical (unpaired) electrons. The Morgan fingerprint density at radius 1 is 1.08 bits per heavy atom. The zero-order valence-corrected chi connectivity index (χ0v) is 29.9. The van der Waals surface area contributed by atoms with Crippen LogP contribution < -0.4 is 15.0 Å². The van der Waals surface area contributed by atoms with Gasteiger partial charge in [-0.15, -0.1) is 0 Å². The Morgan fingerprint density at radius 3 is 2.57 bits per heavy atom. The SMILES string of the molecule is CCCCC(=O)N1CCN(c2cc(C(CC)CN3CCC(COc4ccc5c(n4)NCCC5)C3)cc(-n3nc(C)cc3C)c2)CC1.O=CO. The van der Waals surface area contributed by atoms with E-state index in [0.717, 1.165) is 120 Å². The van der Waals surface area contributed by atoms with Crippen LogP contribution in [0.2, 0.25) is 0 Å². The van der Waals surface area contributed by atoms with Gasteiger partial charge in [0, 0.05) is 75.6 Å². The number of pyridine rings is 1. The molecule has 2 saturated heterocycles. The Balaban J connectivity index is 0.00000151. The summed E-state index contributed by atoms with van der Waals surface area (Å²) in [4.78, 5) is 32.9. The smallest absolute Gasteiger partial charge is 0.290 e. The lowest BCUT2D eigenvalue weighted by Gasteiger charge is -2.37. The number of anilines is 2. The third kappa shape index (κ3) is 9.53. The first-order valence-corrected chi connectivity index (χ1v) is 18.2. The van der Waals surface area contributed by atoms with Crippen molar-refractivity contribution in [2.45, 2.75) is 78.6 Å². The highest BCUT2D eigenvalue weighted by molar-refractivity contribution is 5.76. The number of aryl methyl sites for hydroxylation is 3. The maximum absolute atomic E-state index is 12.7. The number of carbonyl (C=O) groups is 2. The normalized spacial score (nSPS) is 18.2. The van der Waals surface area contributed by atoms with E-state index in [1.54, 1.807) is 0 Å². The van der Waals surface area contributed by atoms with E-state index in [1.165, 1.54) is 16.8 Å². The fourth-order valence-electron chi connectivity index (χ4n) is 7.34. The molecule has 0 saturated carbocycles. The molecule has 3 aliphatic rings. The molecule has 3 aliphatic heterocycles. The average Bonchev–Trinajstić information content (AvgIpc) is 3.73. The van der Waals surface area contributed by atoms with Crippen molar-refractivity contribution in [1.82, 2.24) is 24.6 Å². The van der Waals surface area contributed by atoms with E-state index in [-0.39, 0.29) is 6.47 Å². The predicted molar refractivity (Wildman–Crippen MR) is 194 cm³/mol. The van der Waals surface area contributed by atoms with Gasteiger partial charge < -0.3 is 29.9 Å². The number of hydrogen-bond donors (Lipinski definition) is 2. The largest absolute Gasteiger partial charge is 0.483 e. The summed E-state index contributed by atoms with van der Waals surface area (Å²) < 4.78 is 8.30. The number of amides is 1. The number of aromatic nitrogens is 3. The van der Waals surface area contributed by atoms with Gasteiger partial charge in [-0.05, 0) is 99.9 Å². The third-order valence-electron chi connectivity index (χ3n) is 10.1. The number of carboxylic acid groups (broad SMARTS) is 1. The van der Waals surface area contributed by atoms with Gasteiger partial charge in [-0.2, -0.15) is 10.1 Å². The first-order valence-electron chi connectivity index (χ1n) is 18.2. The van der Waals surface area contributed by atoms with Gasteiger partial charge in [-0.1, -0.05) is 20.3 Å². The van der Waals surface area contributed by atoms with Crippen LogP contribution in [0.15, 0.2) is 36.4 Å². The summed E-state index contributed by atoms with van der Waals surface area (Å²) in [6.45, 7) is 16.6. The lowest BCUT2D eigenvalue weighted by Crippen LogP contribution is -2.48. The zero-order chi connectivity index (χ0) is 34.8. The maximum Gasteiger partial charge on any atom is 0.290 e. The van der Waals surface area contributed by atoms with Crippen LogP contribution in [0.1, 0.15) is 80.8 Å². The number of rotatable bonds is 12. The number of carbonyl (C=O) groups excluding carboxylic acids is 1. The molecular weight excluding hydrogens is 618 g/mol. The average molecular weight is 674 g/mol. The van der Waals surface area contributed by atoms with E-state index in [0.29, 0.717) is 30.8 Å². The van der Waals surface area contributed by atoms with Crippen LogP contribution in [-0.4, -0.2) is 101 Å². The van der Waals surface area contributed by atoms with Crippen molar-refractivity contribution < 1.29 is 19.4 Å². The number of nitrogens with one attached hydrogen (secondary N) is 1. The second-order valence-electron chi connectivity index (χ2n) is 13.7. The summed E-state index contributed by atoms with van der Waals surface area (Å²) in [6, 6.07) is 13.4. The van der Waals surface area contributed by atoms with Gasteiger partial charge in [0.25, 0.3) is 6.47 Å². The van der Waals surface area contributed by atoms with Gasteiger partial charge in [-0.25, -0.2) is 4.68 Å². The van der Waals surface area contributed by atoms with E-state index in [4.69, 9.17) is 24.7 Å². The molecule has 3 aromatic rings. The van der Waals surface area contributed by atoms with Crippen LogP contribution in [0.4, 0.5) is 11.5 Å². The molecule has 11 heteroatoms. The Labute approximate surface area is 291 Å². The summed E-state index contributed by atoms with van der Waals surface area (Å²) in [6.07, 6.45) is 7.17. The van der Waals surface area contributed by atoms with Crippen molar-refractivity contribution in [2.24, 2.45) is 5.92 Å². The molecule has 2 aromatic heterocycles. The summed E-state index contributed by atoms with van der Waals surface area (Å²) in [5.41, 5.74) is 7.20. The van der Waals surface area contributed by atoms with Crippen molar-refractivity contribution in [2.75, 3.05) is 69.2 Å². The molecular formula is C38H55N7O4. The number of benzene rings is 1. The fraction of sp³-hybridized carbons (Fsp3) is 0.579. The minimum Gasteiger partial charge on any atom is -0.483 e. The first kappa shape index (κ1) is 36.2. The monoisotopic (exact) mass is 673 g/mol. The molecule has 1 aromatic carbocycles. The summed E-state index contributed by atoms with van der Waals surface area (Å²) in [7, 11) is 0. The van der Waals surface area contributed by atoms with Crippen molar-refractivity contribution >= 4 is 23.9 Å². The molecule has 0 bridgehead atoms. The van der Waals surface area contributed by atoms with Crippen LogP contribution in [-0.2, 0) is 16.0 Å². The highest BCUT2D eigenvalue weighted by Gasteiger charge is 2.27. The second kappa shape index (κ2) is 17.5. The number of likely N-dealkylation sites (tertiary alicyclic amines) is 1. The van der Waals surface area contributed by atoms with Gasteiger partial charge in [0.05, 0.1) is 18.0 Å². The van der Waals surface area contributed by atoms with Crippen molar-refractivity contribution in [3.63, 3.8) is 0 Å². The summed E-state index contributed by atoms with van der Waals surface area (Å²) in [5, 5.41) is 15.2. The van der Waals surface area contributed by atoms with E-state index in [2.05, 4.69) is 82.7 Å². The van der Waals surface area contributed by atoms with Crippen LogP contribution in [0.3, 0.4) is 0 Å². The molecule has 266 valence electrons. The number of hydrogen-bond acceptors (Lipinski definition) is 8. The molecule has 1 amide bonds. The minimum absolute atomic E-state index is 0.250. The maximum atomic E-state index is 12.7. The zero-order valence-electron chi connectivity index (χ0n) is 29.9. The van der Waals surface area contributed by atoms with Gasteiger partial charge in [0.15, 0.2) is 0 Å². The van der Waals surface area contributed by atoms with E-state index >= 15 is 0 Å². The fourth-order valence-corrected chi connectivity index (χ4v) is 7.34. The highest BCUT2D eigenvalue weighted by Crippen LogP contribution is 2.32. The second-order valence-corrected chi connectivity index (χ2v) is 13.7. The van der Waals surface area contributed by atoms with Gasteiger partial charge >= 0.3 is 0 Å². The van der Waals surface area contributed by atoms with Gasteiger partial charge in [0.2, 0.25) is 11.8 Å². The van der Waals surface area contributed by atoms with E-state index in [1.807, 2.05) is 6.07 Å². The van der Waals surface area contributed by atoms with Crippen LogP contribution in [0, 0.1) is 19.8 Å². The standard InChI is InChI=1S/C37H53N7O2.CH2O2/c1-5-7-10-36(45)43-18-16-42(17-19-43)33-21-32(22-34(23-33)44-28(4)20-27(3)40-44)30(6-2)25-41-15-13-29(24-41)26-46-35-12-11-31-9-8-14-38-37(31)39-35;2-1-3/h11-12,20-23,29-30H,5-10,13-19,24-26H2,1-4H3,(H,38,39);1H,(H,2,3). The van der Waals surface area contributed by atoms with Crippen LogP contribution in [0.5, 0.6) is 5.88 Å². The van der Waals surface area contributed by atoms with Gasteiger partial charge in [-0.3, -0.25) is 9.59 Å². The summed E-state index contributed by atoms with van der Waals surface area (Å²) >= 11 is 0. The quantitative estimate of drug-likeness (QED) is 0.235. The summed E-state index contributed by atoms with van der Waals surface area (Å²) in [5.74, 6) is 2.96. The lowest BCUT2D eigenvalue weighted by atomic mass is 9.94. The van der Waals surface area contributed by atoms with Crippen molar-refractivity contribution in [3.8, 4) is 11.6 Å². The topological polar surface area (TPSA) is 116 Å². The Kier molecular flexibility index (Phi) is 12.9.